The van der Waals surface area contributed by atoms with Crippen LogP contribution in [0.4, 0.5) is 0 Å². The number of aliphatic carboxylic acids is 1. The van der Waals surface area contributed by atoms with E-state index in [1.807, 2.05) is 12.2 Å². The highest BCUT2D eigenvalue weighted by molar-refractivity contribution is 5.84. The lowest BCUT2D eigenvalue weighted by Crippen LogP contribution is -2.18. The molecule has 1 fully saturated rings. The highest BCUT2D eigenvalue weighted by Crippen LogP contribution is 2.33. The number of carbonyl (C=O) groups is 2. The van der Waals surface area contributed by atoms with Crippen LogP contribution in [0.3, 0.4) is 0 Å². The van der Waals surface area contributed by atoms with Crippen molar-refractivity contribution in [2.24, 2.45) is 11.8 Å². The number of carbonyl (C=O) groups excluding carboxylic acids is 1. The second-order valence-electron chi connectivity index (χ2n) is 6.94. The average Bonchev–Trinajstić information content (AvgIpc) is 2.85. The number of unbranched alkanes of at least 4 members (excludes halogenated alkanes) is 3. The van der Waals surface area contributed by atoms with E-state index in [2.05, 4.69) is 0 Å². The minimum atomic E-state index is -0.812. The van der Waals surface area contributed by atoms with Gasteiger partial charge in [0.1, 0.15) is 5.78 Å². The van der Waals surface area contributed by atoms with Crippen molar-refractivity contribution in [1.82, 2.24) is 0 Å². The van der Waals surface area contributed by atoms with Crippen LogP contribution in [0, 0.1) is 11.8 Å². The van der Waals surface area contributed by atoms with E-state index >= 15 is 0 Å². The molecule has 6 nitrogen and oxygen atoms in total. The van der Waals surface area contributed by atoms with Gasteiger partial charge in [-0.25, -0.2) is 0 Å². The highest BCUT2D eigenvalue weighted by atomic mass is 16.4. The largest absolute Gasteiger partial charge is 0.481 e. The van der Waals surface area contributed by atoms with E-state index in [0.717, 1.165) is 19.3 Å². The average molecular weight is 368 g/mol. The maximum atomic E-state index is 12.1. The third-order valence-corrected chi connectivity index (χ3v) is 4.76. The van der Waals surface area contributed by atoms with Crippen molar-refractivity contribution >= 4 is 11.8 Å². The third-order valence-electron chi connectivity index (χ3n) is 4.76. The van der Waals surface area contributed by atoms with Crippen molar-refractivity contribution in [3.05, 3.63) is 24.3 Å². The Kier molecular flexibility index (Phi) is 11.1. The second kappa shape index (κ2) is 12.8. The highest BCUT2D eigenvalue weighted by Gasteiger charge is 2.39. The number of hydrogen-bond acceptors (Lipinski definition) is 5. The Bertz CT molecular complexity index is 485. The van der Waals surface area contributed by atoms with Gasteiger partial charge in [-0.1, -0.05) is 37.1 Å². The van der Waals surface area contributed by atoms with Crippen molar-refractivity contribution in [2.75, 3.05) is 6.61 Å². The first kappa shape index (κ1) is 22.5. The Balaban J connectivity index is 2.45. The van der Waals surface area contributed by atoms with E-state index in [1.165, 1.54) is 0 Å². The molecule has 4 unspecified atom stereocenters. The molecule has 26 heavy (non-hydrogen) atoms. The molecule has 0 bridgehead atoms. The zero-order valence-corrected chi connectivity index (χ0v) is 15.3. The van der Waals surface area contributed by atoms with Crippen molar-refractivity contribution in [2.45, 2.75) is 70.0 Å². The number of rotatable bonds is 13. The molecule has 0 aromatic rings. The summed E-state index contributed by atoms with van der Waals surface area (Å²) in [6, 6.07) is 0. The van der Waals surface area contributed by atoms with Crippen LogP contribution in [0.2, 0.25) is 0 Å². The Morgan fingerprint density at radius 2 is 1.96 bits per heavy atom. The molecule has 1 saturated carbocycles. The van der Waals surface area contributed by atoms with Crippen LogP contribution in [0.5, 0.6) is 0 Å². The number of aliphatic hydroxyl groups is 3. The summed E-state index contributed by atoms with van der Waals surface area (Å²) in [6.45, 7) is 0.161. The molecule has 0 amide bonds. The zero-order chi connectivity index (χ0) is 19.4. The molecule has 4 N–H and O–H groups in total. The summed E-state index contributed by atoms with van der Waals surface area (Å²) >= 11 is 0. The number of ketones is 1. The molecule has 0 aromatic heterocycles. The van der Waals surface area contributed by atoms with E-state index in [9.17, 15) is 19.8 Å². The summed E-state index contributed by atoms with van der Waals surface area (Å²) in [6.07, 6.45) is 10.9. The molecule has 148 valence electrons. The molecule has 0 saturated heterocycles. The first-order valence-electron chi connectivity index (χ1n) is 9.50. The standard InChI is InChI=1S/C20H32O6/c21-13-7-3-4-8-15(22)11-12-17-16(18(23)14-19(17)24)9-5-1-2-6-10-20(25)26/h1,5,11-12,15-17,19,21-22,24H,2-4,6-10,13-14H2,(H,25,26). The first-order chi connectivity index (χ1) is 12.5. The summed E-state index contributed by atoms with van der Waals surface area (Å²) in [4.78, 5) is 22.6. The van der Waals surface area contributed by atoms with Gasteiger partial charge in [-0.15, -0.1) is 0 Å². The smallest absolute Gasteiger partial charge is 0.303 e. The Labute approximate surface area is 155 Å². The topological polar surface area (TPSA) is 115 Å². The maximum absolute atomic E-state index is 12.1. The Morgan fingerprint density at radius 3 is 2.65 bits per heavy atom. The normalized spacial score (nSPS) is 24.7. The van der Waals surface area contributed by atoms with Crippen LogP contribution in [-0.4, -0.2) is 51.0 Å². The fourth-order valence-corrected chi connectivity index (χ4v) is 3.25. The lowest BCUT2D eigenvalue weighted by Gasteiger charge is -2.16. The number of carboxylic acid groups (broad SMARTS) is 1. The minimum Gasteiger partial charge on any atom is -0.481 e. The van der Waals surface area contributed by atoms with Crippen LogP contribution >= 0.6 is 0 Å². The summed E-state index contributed by atoms with van der Waals surface area (Å²) in [5, 5.41) is 37.4. The van der Waals surface area contributed by atoms with Gasteiger partial charge in [0.05, 0.1) is 12.2 Å². The number of Topliss-reactive ketones (excluding diaryl/α,β-unsaturated/α-hetero) is 1. The van der Waals surface area contributed by atoms with E-state index in [4.69, 9.17) is 10.2 Å². The molecule has 1 aliphatic carbocycles. The van der Waals surface area contributed by atoms with Crippen LogP contribution in [0.25, 0.3) is 0 Å². The van der Waals surface area contributed by atoms with Gasteiger partial charge in [0.15, 0.2) is 0 Å². The molecule has 0 heterocycles. The zero-order valence-electron chi connectivity index (χ0n) is 15.3. The summed E-state index contributed by atoms with van der Waals surface area (Å²) < 4.78 is 0. The molecule has 0 spiro atoms. The Morgan fingerprint density at radius 1 is 1.19 bits per heavy atom. The molecule has 1 rings (SSSR count). The van der Waals surface area contributed by atoms with Gasteiger partial charge in [0, 0.05) is 31.3 Å². The van der Waals surface area contributed by atoms with Gasteiger partial charge in [0.25, 0.3) is 0 Å². The molecular formula is C20H32O6. The van der Waals surface area contributed by atoms with Crippen molar-refractivity contribution < 1.29 is 30.0 Å². The van der Waals surface area contributed by atoms with E-state index in [0.29, 0.717) is 25.7 Å². The first-order valence-corrected chi connectivity index (χ1v) is 9.50. The monoisotopic (exact) mass is 368 g/mol. The Hall–Kier alpha value is -1.50. The predicted octanol–water partition coefficient (Wildman–Crippen LogP) is 2.22. The fraction of sp³-hybridized carbons (Fsp3) is 0.700. The van der Waals surface area contributed by atoms with Gasteiger partial charge >= 0.3 is 5.97 Å². The number of allylic oxidation sites excluding steroid dienone is 2. The van der Waals surface area contributed by atoms with E-state index in [1.54, 1.807) is 12.2 Å². The number of carboxylic acids is 1. The third kappa shape index (κ3) is 8.74. The van der Waals surface area contributed by atoms with Crippen LogP contribution < -0.4 is 0 Å². The van der Waals surface area contributed by atoms with E-state index < -0.39 is 18.2 Å². The van der Waals surface area contributed by atoms with Gasteiger partial charge < -0.3 is 20.4 Å². The predicted molar refractivity (Wildman–Crippen MR) is 98.6 cm³/mol. The molecule has 0 aromatic carbocycles. The van der Waals surface area contributed by atoms with Crippen LogP contribution in [0.1, 0.15) is 57.8 Å². The molecule has 0 radical (unpaired) electrons. The number of hydrogen-bond donors (Lipinski definition) is 4. The quantitative estimate of drug-likeness (QED) is 0.293. The maximum Gasteiger partial charge on any atom is 0.303 e. The van der Waals surface area contributed by atoms with Crippen molar-refractivity contribution in [3.63, 3.8) is 0 Å². The molecule has 6 heteroatoms. The van der Waals surface area contributed by atoms with Crippen LogP contribution in [-0.2, 0) is 9.59 Å². The molecule has 0 aliphatic heterocycles. The summed E-state index contributed by atoms with van der Waals surface area (Å²) in [5.41, 5.74) is 0. The van der Waals surface area contributed by atoms with Gasteiger partial charge in [-0.3, -0.25) is 9.59 Å². The number of aliphatic hydroxyl groups excluding tert-OH is 3. The molecule has 4 atom stereocenters. The van der Waals surface area contributed by atoms with Crippen molar-refractivity contribution in [1.29, 1.82) is 0 Å². The fourth-order valence-electron chi connectivity index (χ4n) is 3.25. The van der Waals surface area contributed by atoms with E-state index in [-0.39, 0.29) is 37.1 Å². The minimum absolute atomic E-state index is 0.0276. The molecular weight excluding hydrogens is 336 g/mol. The lowest BCUT2D eigenvalue weighted by molar-refractivity contribution is -0.137. The van der Waals surface area contributed by atoms with Gasteiger partial charge in [0.2, 0.25) is 0 Å². The second-order valence-corrected chi connectivity index (χ2v) is 6.94. The SMILES string of the molecule is O=C(O)CCCC=CCC1C(=O)CC(O)C1C=CC(O)CCCCCO. The molecule has 1 aliphatic rings. The summed E-state index contributed by atoms with van der Waals surface area (Å²) in [5.74, 6) is -1.37. The van der Waals surface area contributed by atoms with Crippen molar-refractivity contribution in [3.8, 4) is 0 Å². The van der Waals surface area contributed by atoms with Gasteiger partial charge in [-0.05, 0) is 32.1 Å². The van der Waals surface area contributed by atoms with Gasteiger partial charge in [-0.2, -0.15) is 0 Å². The van der Waals surface area contributed by atoms with Crippen LogP contribution in [0.15, 0.2) is 24.3 Å². The summed E-state index contributed by atoms with van der Waals surface area (Å²) in [7, 11) is 0. The lowest BCUT2D eigenvalue weighted by atomic mass is 9.90.